The first-order valence-electron chi connectivity index (χ1n) is 7.48. The van der Waals surface area contributed by atoms with Gasteiger partial charge in [0, 0.05) is 57.0 Å². The van der Waals surface area contributed by atoms with Crippen molar-refractivity contribution in [1.82, 2.24) is 20.6 Å². The summed E-state index contributed by atoms with van der Waals surface area (Å²) in [5.74, 6) is -1.21. The maximum absolute atomic E-state index is 9.77. The summed E-state index contributed by atoms with van der Waals surface area (Å²) in [4.78, 5) is 30.7. The van der Waals surface area contributed by atoms with Crippen LogP contribution in [0.4, 0.5) is 0 Å². The number of aliphatic carboxylic acids is 2. The van der Waals surface area contributed by atoms with E-state index in [1.165, 1.54) is 0 Å². The van der Waals surface area contributed by atoms with Crippen LogP contribution < -0.4 is 10.6 Å². The van der Waals surface area contributed by atoms with Crippen LogP contribution >= 0.6 is 11.8 Å². The van der Waals surface area contributed by atoms with E-state index < -0.39 is 24.1 Å². The molecular formula is C14H22BiN6O6S. The van der Waals surface area contributed by atoms with Gasteiger partial charge in [-0.2, -0.15) is 17.0 Å². The number of hydrogen-bond donors (Lipinski definition) is 7. The van der Waals surface area contributed by atoms with Crippen LogP contribution in [0, 0.1) is 18.4 Å². The number of carbonyl (C=O) groups is 2. The fourth-order valence-corrected chi connectivity index (χ4v) is 2.32. The molecule has 1 aromatic heterocycles. The molecule has 0 aliphatic carbocycles. The molecule has 0 amide bonds. The molecule has 0 bridgehead atoms. The number of thioether (sulfide) groups is 1. The number of aliphatic hydroxyl groups is 2. The van der Waals surface area contributed by atoms with Gasteiger partial charge in [-0.3, -0.25) is 10.3 Å². The molecule has 1 heterocycles. The topological polar surface area (TPSA) is 204 Å². The fourth-order valence-electron chi connectivity index (χ4n) is 1.45. The molecule has 0 aliphatic rings. The van der Waals surface area contributed by atoms with Gasteiger partial charge in [0.05, 0.1) is 12.0 Å². The summed E-state index contributed by atoms with van der Waals surface area (Å²) >= 11 is 1.79. The summed E-state index contributed by atoms with van der Waals surface area (Å²) in [7, 11) is 1.63. The molecule has 0 saturated heterocycles. The van der Waals surface area contributed by atoms with Crippen molar-refractivity contribution in [3.8, 4) is 6.19 Å². The first-order chi connectivity index (χ1) is 12.7. The van der Waals surface area contributed by atoms with Gasteiger partial charge in [-0.1, -0.05) is 0 Å². The molecule has 12 nitrogen and oxygen atoms in total. The van der Waals surface area contributed by atoms with Crippen LogP contribution in [0.2, 0.25) is 0 Å². The van der Waals surface area contributed by atoms with E-state index in [-0.39, 0.29) is 26.2 Å². The van der Waals surface area contributed by atoms with Crippen LogP contribution in [0.1, 0.15) is 11.4 Å². The number of guanidine groups is 1. The minimum atomic E-state index is -2.27. The molecule has 28 heavy (non-hydrogen) atoms. The van der Waals surface area contributed by atoms with Gasteiger partial charge >= 0.3 is 11.9 Å². The smallest absolute Gasteiger partial charge is 0.335 e. The van der Waals surface area contributed by atoms with Crippen molar-refractivity contribution in [3.63, 3.8) is 0 Å². The van der Waals surface area contributed by atoms with Gasteiger partial charge in [0.2, 0.25) is 5.96 Å². The third-order valence-electron chi connectivity index (χ3n) is 2.91. The quantitative estimate of drug-likeness (QED) is 0.0432. The first kappa shape index (κ1) is 28.3. The van der Waals surface area contributed by atoms with E-state index in [0.717, 1.165) is 29.4 Å². The number of imidazole rings is 1. The number of nitriles is 1. The molecule has 0 aliphatic heterocycles. The Morgan fingerprint density at radius 3 is 2.32 bits per heavy atom. The standard InChI is InChI=1S/C10H16N6S.C4H6O6.Bi/c1-8-9(16-7-15-8)5-17-4-3-13-10(12-2)14-6-11;5-1(3(7)8)2(6)4(9)10;/h7H,3-5H2,1-2H3,(H,15,16)(H2,12,13,14);1-2,5-6H,(H,7,8)(H,9,10);. The van der Waals surface area contributed by atoms with Crippen molar-refractivity contribution in [2.75, 3.05) is 19.3 Å². The summed E-state index contributed by atoms with van der Waals surface area (Å²) in [5, 5.41) is 46.4. The van der Waals surface area contributed by atoms with Gasteiger partial charge in [0.15, 0.2) is 18.4 Å². The number of carboxylic acids is 2. The van der Waals surface area contributed by atoms with Crippen molar-refractivity contribution >= 4 is 55.9 Å². The second-order valence-corrected chi connectivity index (χ2v) is 5.93. The fraction of sp³-hybridized carbons (Fsp3) is 0.500. The van der Waals surface area contributed by atoms with Gasteiger partial charge in [-0.15, -0.1) is 0 Å². The zero-order chi connectivity index (χ0) is 20.8. The minimum absolute atomic E-state index is 0. The van der Waals surface area contributed by atoms with Gasteiger partial charge < -0.3 is 30.7 Å². The second-order valence-electron chi connectivity index (χ2n) is 4.83. The van der Waals surface area contributed by atoms with E-state index in [2.05, 4.69) is 25.6 Å². The molecule has 2 atom stereocenters. The molecule has 14 heteroatoms. The Hall–Kier alpha value is -1.94. The summed E-state index contributed by atoms with van der Waals surface area (Å²) in [5.41, 5.74) is 2.21. The van der Waals surface area contributed by atoms with Crippen LogP contribution in [-0.4, -0.2) is 106 Å². The van der Waals surface area contributed by atoms with Crippen molar-refractivity contribution in [1.29, 1.82) is 5.26 Å². The first-order valence-corrected chi connectivity index (χ1v) is 8.64. The monoisotopic (exact) mass is 611 g/mol. The third-order valence-corrected chi connectivity index (χ3v) is 3.89. The molecule has 0 fully saturated rings. The largest absolute Gasteiger partial charge is 0.479 e. The maximum atomic E-state index is 9.77. The molecule has 0 spiro atoms. The number of aliphatic imine (C=N–C) groups is 1. The summed E-state index contributed by atoms with van der Waals surface area (Å²) in [6, 6.07) is 0. The summed E-state index contributed by atoms with van der Waals surface area (Å²) < 4.78 is 0. The van der Waals surface area contributed by atoms with E-state index in [1.54, 1.807) is 25.1 Å². The number of aliphatic hydroxyl groups excluding tert-OH is 2. The third kappa shape index (κ3) is 11.7. The second kappa shape index (κ2) is 16.1. The van der Waals surface area contributed by atoms with E-state index in [0.29, 0.717) is 5.96 Å². The summed E-state index contributed by atoms with van der Waals surface area (Å²) in [6.07, 6.45) is -0.997. The maximum Gasteiger partial charge on any atom is 0.335 e. The van der Waals surface area contributed by atoms with Crippen LogP contribution in [0.25, 0.3) is 0 Å². The molecule has 1 rings (SSSR count). The Kier molecular flexibility index (Phi) is 16.2. The van der Waals surface area contributed by atoms with Crippen LogP contribution in [-0.2, 0) is 15.3 Å². The molecule has 7 N–H and O–H groups in total. The van der Waals surface area contributed by atoms with E-state index in [1.807, 2.05) is 13.1 Å². The Bertz CT molecular complexity index is 662. The number of nitrogens with zero attached hydrogens (tertiary/aromatic N) is 3. The number of nitrogens with one attached hydrogen (secondary N) is 3. The predicted molar refractivity (Wildman–Crippen MR) is 103 cm³/mol. The number of hydrogen-bond acceptors (Lipinski definition) is 8. The van der Waals surface area contributed by atoms with Crippen molar-refractivity contribution in [2.24, 2.45) is 4.99 Å². The number of aryl methyl sites for hydroxylation is 1. The predicted octanol–water partition coefficient (Wildman–Crippen LogP) is -1.91. The number of rotatable bonds is 8. The molecule has 3 radical (unpaired) electrons. The van der Waals surface area contributed by atoms with E-state index >= 15 is 0 Å². The average molecular weight is 611 g/mol. The zero-order valence-corrected chi connectivity index (χ0v) is 19.4. The van der Waals surface area contributed by atoms with Crippen molar-refractivity contribution < 1.29 is 30.0 Å². The molecular weight excluding hydrogens is 589 g/mol. The number of aromatic nitrogens is 2. The average Bonchev–Trinajstić information content (AvgIpc) is 3.04. The van der Waals surface area contributed by atoms with Gasteiger partial charge in [-0.05, 0) is 6.92 Å². The Balaban J connectivity index is 0. The number of H-pyrrole nitrogens is 1. The zero-order valence-electron chi connectivity index (χ0n) is 15.2. The van der Waals surface area contributed by atoms with Crippen molar-refractivity contribution in [3.05, 3.63) is 17.7 Å². The number of aromatic amines is 1. The Labute approximate surface area is 184 Å². The molecule has 0 aromatic carbocycles. The Morgan fingerprint density at radius 1 is 1.36 bits per heavy atom. The molecule has 1 aromatic rings. The van der Waals surface area contributed by atoms with Crippen LogP contribution in [0.5, 0.6) is 0 Å². The SMILES string of the molecule is CN=C(NC#N)NCCSCc1nc[nH]c1C.O=C(O)C(O)C(O)C(=O)O.[Bi]. The normalized spacial score (nSPS) is 12.3. The van der Waals surface area contributed by atoms with E-state index in [9.17, 15) is 9.59 Å². The van der Waals surface area contributed by atoms with Gasteiger partial charge in [-0.25, -0.2) is 14.6 Å². The van der Waals surface area contributed by atoms with Crippen LogP contribution in [0.3, 0.4) is 0 Å². The minimum Gasteiger partial charge on any atom is -0.479 e. The molecule has 2 unspecified atom stereocenters. The number of carboxylic acid groups (broad SMARTS) is 2. The van der Waals surface area contributed by atoms with Crippen molar-refractivity contribution in [2.45, 2.75) is 24.9 Å². The van der Waals surface area contributed by atoms with E-state index in [4.69, 9.17) is 25.7 Å². The summed E-state index contributed by atoms with van der Waals surface area (Å²) in [6.45, 7) is 2.77. The van der Waals surface area contributed by atoms with Crippen LogP contribution in [0.15, 0.2) is 11.3 Å². The van der Waals surface area contributed by atoms with Gasteiger partial charge in [0.25, 0.3) is 0 Å². The Morgan fingerprint density at radius 2 is 1.93 bits per heavy atom. The molecule has 0 saturated carbocycles. The molecule has 155 valence electrons. The van der Waals surface area contributed by atoms with Gasteiger partial charge in [0.1, 0.15) is 0 Å².